The predicted octanol–water partition coefficient (Wildman–Crippen LogP) is 4.73. The fourth-order valence-electron chi connectivity index (χ4n) is 3.49. The summed E-state index contributed by atoms with van der Waals surface area (Å²) in [6, 6.07) is 3.12. The third-order valence-electron chi connectivity index (χ3n) is 5.00. The van der Waals surface area contributed by atoms with Gasteiger partial charge >= 0.3 is 12.3 Å². The number of benzene rings is 1. The predicted molar refractivity (Wildman–Crippen MR) is 126 cm³/mol. The van der Waals surface area contributed by atoms with Gasteiger partial charge in [-0.05, 0) is 39.3 Å². The van der Waals surface area contributed by atoms with E-state index in [0.717, 1.165) is 0 Å². The molecule has 8 nitrogen and oxygen atoms in total. The summed E-state index contributed by atoms with van der Waals surface area (Å²) in [6.45, 7) is 5.06. The standard InChI is InChI=1S/C21H26ClF3N6O2S/c1-20(2,3)33-19(32)30-16(21(23,24)25)11-7-8-31(10-11)14-9-28-18(17(27)29-14)34-13-6-4-5-12(26)15(13)22/h4-6,9,11,16H,7-8,10,26H2,1-3H3,(H2,27,29)(H,30,32). The molecule has 1 fully saturated rings. The summed E-state index contributed by atoms with van der Waals surface area (Å²) in [5, 5.41) is 2.75. The number of aromatic nitrogens is 2. The van der Waals surface area contributed by atoms with Gasteiger partial charge in [0, 0.05) is 23.9 Å². The largest absolute Gasteiger partial charge is 0.444 e. The first-order valence-electron chi connectivity index (χ1n) is 10.4. The molecule has 3 rings (SSSR count). The summed E-state index contributed by atoms with van der Waals surface area (Å²) < 4.78 is 46.2. The lowest BCUT2D eigenvalue weighted by Gasteiger charge is -2.29. The highest BCUT2D eigenvalue weighted by Gasteiger charge is 2.48. The van der Waals surface area contributed by atoms with Gasteiger partial charge in [-0.15, -0.1) is 0 Å². The Morgan fingerprint density at radius 3 is 2.65 bits per heavy atom. The molecule has 2 heterocycles. The maximum Gasteiger partial charge on any atom is 0.409 e. The van der Waals surface area contributed by atoms with Crippen LogP contribution >= 0.6 is 23.4 Å². The third-order valence-corrected chi connectivity index (χ3v) is 6.60. The fraction of sp³-hybridized carbons (Fsp3) is 0.476. The molecular formula is C21H26ClF3N6O2S. The van der Waals surface area contributed by atoms with Crippen LogP contribution in [0.2, 0.25) is 5.02 Å². The molecule has 1 aromatic heterocycles. The van der Waals surface area contributed by atoms with Gasteiger partial charge in [0.1, 0.15) is 22.5 Å². The van der Waals surface area contributed by atoms with Crippen molar-refractivity contribution in [1.82, 2.24) is 15.3 Å². The Labute approximate surface area is 204 Å². The lowest BCUT2D eigenvalue weighted by molar-refractivity contribution is -0.165. The van der Waals surface area contributed by atoms with E-state index >= 15 is 0 Å². The number of amides is 1. The van der Waals surface area contributed by atoms with Crippen LogP contribution in [0.4, 0.5) is 35.3 Å². The van der Waals surface area contributed by atoms with Crippen molar-refractivity contribution in [2.24, 2.45) is 5.92 Å². The van der Waals surface area contributed by atoms with Crippen molar-refractivity contribution in [1.29, 1.82) is 0 Å². The first-order valence-corrected chi connectivity index (χ1v) is 11.6. The summed E-state index contributed by atoms with van der Waals surface area (Å²) in [5.74, 6) is -0.430. The van der Waals surface area contributed by atoms with Gasteiger partial charge in [0.05, 0.1) is 16.9 Å². The summed E-state index contributed by atoms with van der Waals surface area (Å²) in [7, 11) is 0. The fourth-order valence-corrected chi connectivity index (χ4v) is 4.55. The zero-order valence-corrected chi connectivity index (χ0v) is 20.4. The Morgan fingerprint density at radius 2 is 2.03 bits per heavy atom. The molecule has 2 unspecified atom stereocenters. The van der Waals surface area contributed by atoms with Gasteiger partial charge in [0.25, 0.3) is 0 Å². The van der Waals surface area contributed by atoms with Gasteiger partial charge in [-0.1, -0.05) is 29.4 Å². The van der Waals surface area contributed by atoms with Gasteiger partial charge in [0.2, 0.25) is 0 Å². The summed E-state index contributed by atoms with van der Waals surface area (Å²) in [6.07, 6.45) is -4.11. The lowest BCUT2D eigenvalue weighted by atomic mass is 9.98. The van der Waals surface area contributed by atoms with Crippen molar-refractivity contribution in [3.8, 4) is 0 Å². The number of nitrogens with two attached hydrogens (primary N) is 2. The summed E-state index contributed by atoms with van der Waals surface area (Å²) in [4.78, 5) is 22.9. The molecule has 0 spiro atoms. The molecule has 0 bridgehead atoms. The second-order valence-corrected chi connectivity index (χ2v) is 10.2. The van der Waals surface area contributed by atoms with Crippen molar-refractivity contribution < 1.29 is 22.7 Å². The molecule has 1 aliphatic rings. The van der Waals surface area contributed by atoms with E-state index in [1.165, 1.54) is 18.0 Å². The molecule has 0 aliphatic carbocycles. The highest BCUT2D eigenvalue weighted by Crippen LogP contribution is 2.38. The van der Waals surface area contributed by atoms with E-state index in [-0.39, 0.29) is 18.8 Å². The van der Waals surface area contributed by atoms with Crippen LogP contribution in [0.3, 0.4) is 0 Å². The number of alkyl halides is 3. The number of alkyl carbamates (subject to hydrolysis) is 1. The average Bonchev–Trinajstić information content (AvgIpc) is 3.18. The molecule has 1 saturated heterocycles. The van der Waals surface area contributed by atoms with E-state index in [4.69, 9.17) is 27.8 Å². The Balaban J connectivity index is 1.71. The van der Waals surface area contributed by atoms with E-state index in [1.807, 2.05) is 5.32 Å². The number of nitrogens with one attached hydrogen (secondary N) is 1. The number of carbonyl (C=O) groups is 1. The minimum atomic E-state index is -4.64. The molecule has 2 atom stereocenters. The van der Waals surface area contributed by atoms with Gasteiger partial charge in [0.15, 0.2) is 5.82 Å². The van der Waals surface area contributed by atoms with E-state index in [9.17, 15) is 18.0 Å². The van der Waals surface area contributed by atoms with Crippen molar-refractivity contribution in [2.75, 3.05) is 29.5 Å². The molecule has 1 aromatic carbocycles. The van der Waals surface area contributed by atoms with Crippen molar-refractivity contribution in [2.45, 2.75) is 54.9 Å². The molecule has 34 heavy (non-hydrogen) atoms. The van der Waals surface area contributed by atoms with E-state index in [1.54, 1.807) is 43.9 Å². The zero-order valence-electron chi connectivity index (χ0n) is 18.8. The molecular weight excluding hydrogens is 493 g/mol. The first kappa shape index (κ1) is 26.0. The van der Waals surface area contributed by atoms with E-state index in [0.29, 0.717) is 33.0 Å². The highest BCUT2D eigenvalue weighted by molar-refractivity contribution is 7.99. The minimum absolute atomic E-state index is 0.0155. The van der Waals surface area contributed by atoms with Crippen LogP contribution < -0.4 is 21.7 Å². The summed E-state index contributed by atoms with van der Waals surface area (Å²) >= 11 is 7.40. The molecule has 13 heteroatoms. The smallest absolute Gasteiger partial charge is 0.409 e. The summed E-state index contributed by atoms with van der Waals surface area (Å²) in [5.41, 5.74) is 11.4. The van der Waals surface area contributed by atoms with Gasteiger partial charge in [-0.25, -0.2) is 14.8 Å². The van der Waals surface area contributed by atoms with Crippen molar-refractivity contribution in [3.63, 3.8) is 0 Å². The second-order valence-electron chi connectivity index (χ2n) is 8.84. The third kappa shape index (κ3) is 6.50. The Kier molecular flexibility index (Phi) is 7.61. The van der Waals surface area contributed by atoms with E-state index < -0.39 is 29.8 Å². The Morgan fingerprint density at radius 1 is 1.32 bits per heavy atom. The Hall–Kier alpha value is -2.60. The van der Waals surface area contributed by atoms with Crippen LogP contribution in [-0.2, 0) is 4.74 Å². The number of carbonyl (C=O) groups excluding carboxylic acids is 1. The zero-order chi connectivity index (χ0) is 25.3. The minimum Gasteiger partial charge on any atom is -0.444 e. The van der Waals surface area contributed by atoms with Crippen molar-refractivity contribution in [3.05, 3.63) is 29.4 Å². The van der Waals surface area contributed by atoms with Crippen molar-refractivity contribution >= 4 is 46.8 Å². The molecule has 1 amide bonds. The molecule has 5 N–H and O–H groups in total. The molecule has 2 aromatic rings. The van der Waals surface area contributed by atoms with Gasteiger partial charge < -0.3 is 26.4 Å². The monoisotopic (exact) mass is 518 g/mol. The molecule has 186 valence electrons. The van der Waals surface area contributed by atoms with Crippen LogP contribution in [0.15, 0.2) is 34.3 Å². The SMILES string of the molecule is CC(C)(C)OC(=O)NC(C1CCN(c2cnc(Sc3cccc(N)c3Cl)c(N)n2)C1)C(F)(F)F. The maximum absolute atomic E-state index is 13.7. The number of anilines is 3. The highest BCUT2D eigenvalue weighted by atomic mass is 35.5. The number of nitrogens with zero attached hydrogens (tertiary/aromatic N) is 3. The second kappa shape index (κ2) is 9.95. The quantitative estimate of drug-likeness (QED) is 0.486. The topological polar surface area (TPSA) is 119 Å². The van der Waals surface area contributed by atoms with Crippen LogP contribution in [-0.4, -0.2) is 47.0 Å². The average molecular weight is 519 g/mol. The van der Waals surface area contributed by atoms with Crippen LogP contribution in [0.1, 0.15) is 27.2 Å². The van der Waals surface area contributed by atoms with Crippen LogP contribution in [0, 0.1) is 5.92 Å². The van der Waals surface area contributed by atoms with Gasteiger partial charge in [-0.3, -0.25) is 0 Å². The van der Waals surface area contributed by atoms with E-state index in [2.05, 4.69) is 9.97 Å². The molecule has 1 aliphatic heterocycles. The Bertz CT molecular complexity index is 1050. The molecule has 0 saturated carbocycles. The molecule has 0 radical (unpaired) electrons. The lowest BCUT2D eigenvalue weighted by Crippen LogP contribution is -2.52. The number of nitrogen functional groups attached to an aromatic ring is 2. The van der Waals surface area contributed by atoms with Crippen LogP contribution in [0.5, 0.6) is 0 Å². The number of rotatable bonds is 5. The maximum atomic E-state index is 13.7. The number of ether oxygens (including phenoxy) is 1. The number of halogens is 4. The number of hydrogen-bond acceptors (Lipinski definition) is 8. The normalized spacial score (nSPS) is 17.5. The first-order chi connectivity index (χ1) is 15.7. The number of hydrogen-bond donors (Lipinski definition) is 3. The van der Waals surface area contributed by atoms with Crippen LogP contribution in [0.25, 0.3) is 0 Å². The van der Waals surface area contributed by atoms with Gasteiger partial charge in [-0.2, -0.15) is 13.2 Å².